The van der Waals surface area contributed by atoms with Crippen molar-refractivity contribution in [3.63, 3.8) is 0 Å². The zero-order valence-electron chi connectivity index (χ0n) is 10.1. The molecule has 5 nitrogen and oxygen atoms in total. The summed E-state index contributed by atoms with van der Waals surface area (Å²) in [5, 5.41) is 11.5. The molecule has 0 fully saturated rings. The van der Waals surface area contributed by atoms with Crippen LogP contribution in [0.5, 0.6) is 5.75 Å². The van der Waals surface area contributed by atoms with Crippen molar-refractivity contribution in [3.05, 3.63) is 47.4 Å². The molecule has 0 aliphatic heterocycles. The fraction of sp³-hybridized carbons (Fsp3) is 0.0769. The molecule has 4 N–H and O–H groups in total. The van der Waals surface area contributed by atoms with Crippen LogP contribution in [-0.2, 0) is 0 Å². The van der Waals surface area contributed by atoms with E-state index >= 15 is 0 Å². The summed E-state index contributed by atoms with van der Waals surface area (Å²) in [6, 6.07) is 4.89. The first-order valence-corrected chi connectivity index (χ1v) is 5.49. The number of hydrogen-bond donors (Lipinski definition) is 3. The van der Waals surface area contributed by atoms with E-state index in [1.54, 1.807) is 13.0 Å². The summed E-state index contributed by atoms with van der Waals surface area (Å²) >= 11 is 0. The van der Waals surface area contributed by atoms with Crippen LogP contribution in [0, 0.1) is 12.7 Å². The molecular weight excluding hydrogens is 249 g/mol. The molecule has 1 aromatic heterocycles. The quantitative estimate of drug-likeness (QED) is 0.772. The lowest BCUT2D eigenvalue weighted by molar-refractivity contribution is 0.102. The summed E-state index contributed by atoms with van der Waals surface area (Å²) in [6.07, 6.45) is 1.41. The molecule has 1 amide bonds. The number of rotatable bonds is 2. The van der Waals surface area contributed by atoms with Crippen LogP contribution in [0.4, 0.5) is 15.9 Å². The summed E-state index contributed by atoms with van der Waals surface area (Å²) in [5.74, 6) is -1.40. The number of halogens is 1. The van der Waals surface area contributed by atoms with Gasteiger partial charge in [0.15, 0.2) is 0 Å². The van der Waals surface area contributed by atoms with Crippen molar-refractivity contribution in [2.45, 2.75) is 6.92 Å². The van der Waals surface area contributed by atoms with E-state index in [2.05, 4.69) is 10.3 Å². The number of anilines is 2. The Bertz CT molecular complexity index is 644. The molecule has 0 aliphatic carbocycles. The van der Waals surface area contributed by atoms with Crippen LogP contribution in [0.3, 0.4) is 0 Å². The molecule has 0 saturated heterocycles. The average molecular weight is 261 g/mol. The fourth-order valence-corrected chi connectivity index (χ4v) is 1.51. The second kappa shape index (κ2) is 4.93. The number of hydrogen-bond acceptors (Lipinski definition) is 4. The van der Waals surface area contributed by atoms with Crippen LogP contribution < -0.4 is 11.1 Å². The molecule has 2 rings (SSSR count). The van der Waals surface area contributed by atoms with Gasteiger partial charge in [-0.1, -0.05) is 0 Å². The van der Waals surface area contributed by atoms with Gasteiger partial charge >= 0.3 is 0 Å². The predicted octanol–water partition coefficient (Wildman–Crippen LogP) is 2.07. The third-order valence-corrected chi connectivity index (χ3v) is 2.59. The third-order valence-electron chi connectivity index (χ3n) is 2.59. The first-order valence-electron chi connectivity index (χ1n) is 5.49. The highest BCUT2D eigenvalue weighted by atomic mass is 19.1. The zero-order valence-corrected chi connectivity index (χ0v) is 10.1. The summed E-state index contributed by atoms with van der Waals surface area (Å²) in [6.45, 7) is 1.77. The monoisotopic (exact) mass is 261 g/mol. The minimum atomic E-state index is -0.801. The standard InChI is InChI=1S/C13H12FN3O2/c1-7-4-12(16-6-11(7)15)17-13(19)9-3-2-8(18)5-10(9)14/h2-6,18H,15H2,1H3,(H,16,17,19). The maximum Gasteiger partial charge on any atom is 0.259 e. The van der Waals surface area contributed by atoms with Crippen LogP contribution in [0.2, 0.25) is 0 Å². The van der Waals surface area contributed by atoms with Gasteiger partial charge in [-0.2, -0.15) is 0 Å². The van der Waals surface area contributed by atoms with E-state index < -0.39 is 11.7 Å². The van der Waals surface area contributed by atoms with Gasteiger partial charge in [0.2, 0.25) is 0 Å². The highest BCUT2D eigenvalue weighted by Gasteiger charge is 2.13. The molecule has 6 heteroatoms. The number of nitrogens with two attached hydrogens (primary N) is 1. The van der Waals surface area contributed by atoms with Gasteiger partial charge in [-0.3, -0.25) is 4.79 Å². The maximum absolute atomic E-state index is 13.5. The number of benzene rings is 1. The second-order valence-electron chi connectivity index (χ2n) is 4.04. The van der Waals surface area contributed by atoms with Gasteiger partial charge in [0, 0.05) is 6.07 Å². The summed E-state index contributed by atoms with van der Waals surface area (Å²) < 4.78 is 13.5. The lowest BCUT2D eigenvalue weighted by atomic mass is 10.2. The number of carbonyl (C=O) groups excluding carboxylic acids is 1. The van der Waals surface area contributed by atoms with Crippen LogP contribution >= 0.6 is 0 Å². The van der Waals surface area contributed by atoms with Crippen molar-refractivity contribution in [1.29, 1.82) is 0 Å². The second-order valence-corrected chi connectivity index (χ2v) is 4.04. The molecule has 19 heavy (non-hydrogen) atoms. The Labute approximate surface area is 108 Å². The molecule has 0 atom stereocenters. The van der Waals surface area contributed by atoms with Gasteiger partial charge in [0.05, 0.1) is 17.4 Å². The van der Waals surface area contributed by atoms with Crippen molar-refractivity contribution < 1.29 is 14.3 Å². The largest absolute Gasteiger partial charge is 0.508 e. The van der Waals surface area contributed by atoms with Gasteiger partial charge < -0.3 is 16.2 Å². The van der Waals surface area contributed by atoms with Gasteiger partial charge in [0.25, 0.3) is 5.91 Å². The third kappa shape index (κ3) is 2.79. The molecule has 0 spiro atoms. The maximum atomic E-state index is 13.5. The van der Waals surface area contributed by atoms with Crippen molar-refractivity contribution in [2.75, 3.05) is 11.1 Å². The van der Waals surface area contributed by atoms with E-state index in [0.29, 0.717) is 5.69 Å². The van der Waals surface area contributed by atoms with E-state index in [1.807, 2.05) is 0 Å². The highest BCUT2D eigenvalue weighted by molar-refractivity contribution is 6.04. The van der Waals surface area contributed by atoms with Crippen molar-refractivity contribution in [3.8, 4) is 5.75 Å². The number of nitrogens with one attached hydrogen (secondary N) is 1. The molecule has 0 aliphatic rings. The number of nitrogens with zero attached hydrogens (tertiary/aromatic N) is 1. The first kappa shape index (κ1) is 12.8. The summed E-state index contributed by atoms with van der Waals surface area (Å²) in [5.41, 5.74) is 6.71. The number of phenolic OH excluding ortho intramolecular Hbond substituents is 1. The topological polar surface area (TPSA) is 88.2 Å². The molecule has 2 aromatic rings. The van der Waals surface area contributed by atoms with Gasteiger partial charge in [0.1, 0.15) is 17.4 Å². The van der Waals surface area contributed by atoms with Gasteiger partial charge in [-0.05, 0) is 30.7 Å². The molecular formula is C13H12FN3O2. The Kier molecular flexibility index (Phi) is 3.33. The molecule has 98 valence electrons. The molecule has 0 bridgehead atoms. The Morgan fingerprint density at radius 3 is 2.79 bits per heavy atom. The predicted molar refractivity (Wildman–Crippen MR) is 69.4 cm³/mol. The van der Waals surface area contributed by atoms with Crippen molar-refractivity contribution in [1.82, 2.24) is 4.98 Å². The summed E-state index contributed by atoms with van der Waals surface area (Å²) in [4.78, 5) is 15.8. The smallest absolute Gasteiger partial charge is 0.259 e. The number of phenols is 1. The van der Waals surface area contributed by atoms with E-state index in [4.69, 9.17) is 10.8 Å². The number of pyridine rings is 1. The SMILES string of the molecule is Cc1cc(NC(=O)c2ccc(O)cc2F)ncc1N. The summed E-state index contributed by atoms with van der Waals surface area (Å²) in [7, 11) is 0. The minimum absolute atomic E-state index is 0.172. The number of aromatic hydroxyl groups is 1. The molecule has 1 heterocycles. The van der Waals surface area contributed by atoms with E-state index in [0.717, 1.165) is 11.6 Å². The molecule has 0 radical (unpaired) electrons. The van der Waals surface area contributed by atoms with Gasteiger partial charge in [-0.15, -0.1) is 0 Å². The van der Waals surface area contributed by atoms with Crippen molar-refractivity contribution in [2.24, 2.45) is 0 Å². The van der Waals surface area contributed by atoms with E-state index in [1.165, 1.54) is 18.3 Å². The average Bonchev–Trinajstić information content (AvgIpc) is 2.33. The normalized spacial score (nSPS) is 10.2. The lowest BCUT2D eigenvalue weighted by Gasteiger charge is -2.07. The van der Waals surface area contributed by atoms with Crippen LogP contribution in [0.1, 0.15) is 15.9 Å². The fourth-order valence-electron chi connectivity index (χ4n) is 1.51. The molecule has 0 saturated carbocycles. The number of carbonyl (C=O) groups is 1. The zero-order chi connectivity index (χ0) is 14.0. The Morgan fingerprint density at radius 1 is 1.42 bits per heavy atom. The van der Waals surface area contributed by atoms with E-state index in [9.17, 15) is 9.18 Å². The van der Waals surface area contributed by atoms with Crippen LogP contribution in [0.25, 0.3) is 0 Å². The highest BCUT2D eigenvalue weighted by Crippen LogP contribution is 2.17. The van der Waals surface area contributed by atoms with E-state index in [-0.39, 0.29) is 17.1 Å². The number of aromatic nitrogens is 1. The van der Waals surface area contributed by atoms with Gasteiger partial charge in [-0.25, -0.2) is 9.37 Å². The Balaban J connectivity index is 2.23. The Hall–Kier alpha value is -2.63. The van der Waals surface area contributed by atoms with Crippen molar-refractivity contribution >= 4 is 17.4 Å². The first-order chi connectivity index (χ1) is 8.97. The number of amides is 1. The molecule has 0 unspecified atom stereocenters. The van der Waals surface area contributed by atoms with Crippen LogP contribution in [0.15, 0.2) is 30.5 Å². The Morgan fingerprint density at radius 2 is 2.16 bits per heavy atom. The minimum Gasteiger partial charge on any atom is -0.508 e. The number of aryl methyl sites for hydroxylation is 1. The number of nitrogen functional groups attached to an aromatic ring is 1. The molecule has 1 aromatic carbocycles. The lowest BCUT2D eigenvalue weighted by Crippen LogP contribution is -2.14. The van der Waals surface area contributed by atoms with Crippen LogP contribution in [-0.4, -0.2) is 16.0 Å².